The van der Waals surface area contributed by atoms with E-state index in [0.717, 1.165) is 38.0 Å². The van der Waals surface area contributed by atoms with Crippen LogP contribution in [0.3, 0.4) is 0 Å². The summed E-state index contributed by atoms with van der Waals surface area (Å²) in [5, 5.41) is 18.9. The average Bonchev–Trinajstić information content (AvgIpc) is 2.65. The maximum Gasteiger partial charge on any atom is 0.454 e. The summed E-state index contributed by atoms with van der Waals surface area (Å²) in [5.74, 6) is 1.49. The molecule has 2 N–H and O–H groups in total. The lowest BCUT2D eigenvalue weighted by atomic mass is 9.61. The summed E-state index contributed by atoms with van der Waals surface area (Å²) >= 11 is 0. The fraction of sp³-hybridized carbons (Fsp3) is 0.875. The van der Waals surface area contributed by atoms with Crippen LogP contribution in [0.15, 0.2) is 11.3 Å². The van der Waals surface area contributed by atoms with Gasteiger partial charge in [0.25, 0.3) is 0 Å². The molecule has 1 aliphatic heterocycles. The van der Waals surface area contributed by atoms with E-state index >= 15 is 0 Å². The number of hydrogen-bond acceptors (Lipinski definition) is 3. The summed E-state index contributed by atoms with van der Waals surface area (Å²) in [6.45, 7) is 12.0. The zero-order valence-electron chi connectivity index (χ0n) is 13.6. The molecule has 0 spiro atoms. The van der Waals surface area contributed by atoms with E-state index in [1.54, 1.807) is 0 Å². The van der Waals surface area contributed by atoms with Crippen LogP contribution in [-0.4, -0.2) is 23.8 Å². The van der Waals surface area contributed by atoms with Crippen LogP contribution in [0.25, 0.3) is 0 Å². The molecule has 1 saturated carbocycles. The SMILES string of the molecule is CC(C)(C)C1=C(C2CCCC(B(O)O)C2)OCC1(C)C. The van der Waals surface area contributed by atoms with Gasteiger partial charge in [-0.3, -0.25) is 0 Å². The Morgan fingerprint density at radius 2 is 1.85 bits per heavy atom. The lowest BCUT2D eigenvalue weighted by Gasteiger charge is -2.34. The first-order chi connectivity index (χ1) is 9.13. The summed E-state index contributed by atoms with van der Waals surface area (Å²) in [5.41, 5.74) is 1.60. The van der Waals surface area contributed by atoms with Gasteiger partial charge in [0.05, 0.1) is 12.4 Å². The fourth-order valence-electron chi connectivity index (χ4n) is 4.18. The molecule has 0 amide bonds. The molecule has 0 radical (unpaired) electrons. The first kappa shape index (κ1) is 15.9. The second-order valence-corrected chi connectivity index (χ2v) is 8.20. The van der Waals surface area contributed by atoms with E-state index in [9.17, 15) is 10.0 Å². The zero-order valence-corrected chi connectivity index (χ0v) is 13.6. The van der Waals surface area contributed by atoms with Gasteiger partial charge in [0.1, 0.15) is 0 Å². The lowest BCUT2D eigenvalue weighted by Crippen LogP contribution is -2.28. The van der Waals surface area contributed by atoms with E-state index in [0.29, 0.717) is 5.92 Å². The molecule has 114 valence electrons. The van der Waals surface area contributed by atoms with Gasteiger partial charge in [-0.15, -0.1) is 0 Å². The van der Waals surface area contributed by atoms with Crippen LogP contribution in [-0.2, 0) is 4.74 Å². The Bertz CT molecular complexity index is 393. The van der Waals surface area contributed by atoms with Crippen molar-refractivity contribution in [1.82, 2.24) is 0 Å². The Labute approximate surface area is 123 Å². The Morgan fingerprint density at radius 1 is 1.20 bits per heavy atom. The van der Waals surface area contributed by atoms with Crippen LogP contribution in [0.5, 0.6) is 0 Å². The van der Waals surface area contributed by atoms with Gasteiger partial charge < -0.3 is 14.8 Å². The lowest BCUT2D eigenvalue weighted by molar-refractivity contribution is 0.147. The van der Waals surface area contributed by atoms with Crippen LogP contribution in [0, 0.1) is 16.7 Å². The molecule has 0 saturated heterocycles. The maximum absolute atomic E-state index is 9.46. The predicted octanol–water partition coefficient (Wildman–Crippen LogP) is 3.38. The Hall–Kier alpha value is -0.475. The van der Waals surface area contributed by atoms with E-state index in [1.807, 2.05) is 0 Å². The Kier molecular flexibility index (Phi) is 4.28. The second kappa shape index (κ2) is 5.38. The third-order valence-electron chi connectivity index (χ3n) is 4.77. The minimum Gasteiger partial charge on any atom is -0.497 e. The van der Waals surface area contributed by atoms with Crippen molar-refractivity contribution in [3.05, 3.63) is 11.3 Å². The van der Waals surface area contributed by atoms with Gasteiger partial charge in [0, 0.05) is 11.3 Å². The molecular formula is C16H29BO3. The van der Waals surface area contributed by atoms with Gasteiger partial charge in [-0.1, -0.05) is 47.5 Å². The summed E-state index contributed by atoms with van der Waals surface area (Å²) < 4.78 is 6.09. The highest BCUT2D eigenvalue weighted by atomic mass is 16.5. The molecule has 2 aliphatic rings. The molecule has 2 unspecified atom stereocenters. The normalized spacial score (nSPS) is 30.4. The van der Waals surface area contributed by atoms with Crippen molar-refractivity contribution in [2.24, 2.45) is 16.7 Å². The highest BCUT2D eigenvalue weighted by Crippen LogP contribution is 2.51. The van der Waals surface area contributed by atoms with Gasteiger partial charge >= 0.3 is 7.12 Å². The molecule has 1 aliphatic carbocycles. The van der Waals surface area contributed by atoms with Crippen molar-refractivity contribution in [3.8, 4) is 0 Å². The molecule has 2 rings (SSSR count). The highest BCUT2D eigenvalue weighted by molar-refractivity contribution is 6.43. The third-order valence-corrected chi connectivity index (χ3v) is 4.77. The first-order valence-electron chi connectivity index (χ1n) is 7.87. The molecule has 20 heavy (non-hydrogen) atoms. The molecule has 0 aromatic rings. The van der Waals surface area contributed by atoms with Gasteiger partial charge in [-0.05, 0) is 29.6 Å². The van der Waals surface area contributed by atoms with Crippen LogP contribution >= 0.6 is 0 Å². The van der Waals surface area contributed by atoms with Gasteiger partial charge in [0.15, 0.2) is 0 Å². The molecule has 1 fully saturated rings. The summed E-state index contributed by atoms with van der Waals surface area (Å²) in [7, 11) is -1.19. The molecule has 0 aromatic carbocycles. The number of hydrogen-bond donors (Lipinski definition) is 2. The molecule has 1 heterocycles. The molecule has 0 aromatic heterocycles. The standard InChI is InChI=1S/C16H29BO3/c1-15(2,3)14-13(20-10-16(14,4)5)11-7-6-8-12(9-11)17(18)19/h11-12,18-19H,6-10H2,1-5H3. The van der Waals surface area contributed by atoms with Gasteiger partial charge in [-0.2, -0.15) is 0 Å². The highest BCUT2D eigenvalue weighted by Gasteiger charge is 2.44. The largest absolute Gasteiger partial charge is 0.497 e. The van der Waals surface area contributed by atoms with E-state index in [-0.39, 0.29) is 16.6 Å². The molecule has 0 bridgehead atoms. The van der Waals surface area contributed by atoms with Crippen molar-refractivity contribution in [2.75, 3.05) is 6.61 Å². The maximum atomic E-state index is 9.46. The minimum atomic E-state index is -1.19. The number of rotatable bonds is 2. The predicted molar refractivity (Wildman–Crippen MR) is 82.1 cm³/mol. The van der Waals surface area contributed by atoms with Crippen molar-refractivity contribution in [3.63, 3.8) is 0 Å². The number of ether oxygens (including phenoxy) is 1. The van der Waals surface area contributed by atoms with E-state index in [1.165, 1.54) is 5.57 Å². The second-order valence-electron chi connectivity index (χ2n) is 8.20. The quantitative estimate of drug-likeness (QED) is 0.762. The molecule has 3 nitrogen and oxygen atoms in total. The van der Waals surface area contributed by atoms with Crippen LogP contribution in [0.4, 0.5) is 0 Å². The molecule has 4 heteroatoms. The zero-order chi connectivity index (χ0) is 15.1. The third kappa shape index (κ3) is 3.06. The van der Waals surface area contributed by atoms with Crippen molar-refractivity contribution < 1.29 is 14.8 Å². The number of allylic oxidation sites excluding steroid dienone is 1. The van der Waals surface area contributed by atoms with E-state index in [2.05, 4.69) is 34.6 Å². The summed E-state index contributed by atoms with van der Waals surface area (Å²) in [6, 6.07) is 0. The van der Waals surface area contributed by atoms with Crippen molar-refractivity contribution in [1.29, 1.82) is 0 Å². The minimum absolute atomic E-state index is 0.00483. The molecular weight excluding hydrogens is 251 g/mol. The average molecular weight is 280 g/mol. The fourth-order valence-corrected chi connectivity index (χ4v) is 4.18. The van der Waals surface area contributed by atoms with Crippen LogP contribution in [0.1, 0.15) is 60.3 Å². The Morgan fingerprint density at radius 3 is 2.40 bits per heavy atom. The van der Waals surface area contributed by atoms with Gasteiger partial charge in [0.2, 0.25) is 0 Å². The summed E-state index contributed by atoms with van der Waals surface area (Å²) in [4.78, 5) is 0. The van der Waals surface area contributed by atoms with Crippen LogP contribution in [0.2, 0.25) is 5.82 Å². The molecule has 2 atom stereocenters. The first-order valence-corrected chi connectivity index (χ1v) is 7.87. The van der Waals surface area contributed by atoms with Crippen molar-refractivity contribution >= 4 is 7.12 Å². The topological polar surface area (TPSA) is 49.7 Å². The monoisotopic (exact) mass is 280 g/mol. The van der Waals surface area contributed by atoms with Crippen molar-refractivity contribution in [2.45, 2.75) is 66.1 Å². The van der Waals surface area contributed by atoms with E-state index < -0.39 is 7.12 Å². The van der Waals surface area contributed by atoms with Crippen LogP contribution < -0.4 is 0 Å². The Balaban J connectivity index is 2.29. The van der Waals surface area contributed by atoms with Gasteiger partial charge in [-0.25, -0.2) is 0 Å². The van der Waals surface area contributed by atoms with E-state index in [4.69, 9.17) is 4.74 Å². The smallest absolute Gasteiger partial charge is 0.454 e. The summed E-state index contributed by atoms with van der Waals surface area (Å²) in [6.07, 6.45) is 3.91.